The fourth-order valence-corrected chi connectivity index (χ4v) is 0.497. The van der Waals surface area contributed by atoms with Crippen LogP contribution in [-0.4, -0.2) is 23.5 Å². The summed E-state index contributed by atoms with van der Waals surface area (Å²) < 4.78 is 0. The third kappa shape index (κ3) is 3.91. The maximum atomic E-state index is 9.46. The van der Waals surface area contributed by atoms with E-state index in [1.807, 2.05) is 13.8 Å². The van der Waals surface area contributed by atoms with Gasteiger partial charge in [-0.25, -0.2) is 0 Å². The molecule has 0 aromatic rings. The van der Waals surface area contributed by atoms with Crippen LogP contribution in [-0.2, 0) is 0 Å². The van der Waals surface area contributed by atoms with Gasteiger partial charge in [-0.1, -0.05) is 6.92 Å². The van der Waals surface area contributed by atoms with Gasteiger partial charge in [0.05, 0.1) is 5.60 Å². The van der Waals surface area contributed by atoms with Crippen LogP contribution in [0.25, 0.3) is 0 Å². The summed E-state index contributed by atoms with van der Waals surface area (Å²) in [5, 5.41) is 9.46. The fraction of sp³-hybridized carbons (Fsp3) is 0.857. The predicted octanol–water partition coefficient (Wildman–Crippen LogP) is 1.24. The molecule has 65 valence electrons. The van der Waals surface area contributed by atoms with Gasteiger partial charge in [-0.15, -0.1) is 0 Å². The van der Waals surface area contributed by atoms with Gasteiger partial charge >= 0.3 is 0 Å². The smallest absolute Gasteiger partial charge is 0.0988 e. The van der Waals surface area contributed by atoms with Crippen LogP contribution in [0, 0.1) is 37.7 Å². The fourth-order valence-electron chi connectivity index (χ4n) is 0.497. The summed E-state index contributed by atoms with van der Waals surface area (Å²) in [6.07, 6.45) is 0.718. The van der Waals surface area contributed by atoms with Crippen molar-refractivity contribution in [3.8, 4) is 0 Å². The second-order valence-corrected chi connectivity index (χ2v) is 2.44. The summed E-state index contributed by atoms with van der Waals surface area (Å²) in [6.45, 7) is 5.55. The maximum absolute atomic E-state index is 9.46. The van der Waals surface area contributed by atoms with Crippen molar-refractivity contribution >= 4 is 5.71 Å². The molecule has 0 heterocycles. The molecule has 0 amide bonds. The molecule has 0 aliphatic heterocycles. The standard InChI is InChI=1S/C7H15NO.Ho/c1-5-7(3,9)6(2)8-4;/h9H,5H2,1-4H3;. The molecule has 0 saturated carbocycles. The van der Waals surface area contributed by atoms with E-state index in [0.29, 0.717) is 0 Å². The van der Waals surface area contributed by atoms with Crippen molar-refractivity contribution in [2.75, 3.05) is 7.05 Å². The first-order valence-corrected chi connectivity index (χ1v) is 3.21. The first-order chi connectivity index (χ1) is 4.04. The number of hydrogen-bond donors (Lipinski definition) is 1. The number of nitrogens with zero attached hydrogens (tertiary/aromatic N) is 1. The SMILES string of the molecule is CCC(C)(O)C(C)=NC.[Ho]. The van der Waals surface area contributed by atoms with E-state index in [1.165, 1.54) is 0 Å². The van der Waals surface area contributed by atoms with Gasteiger partial charge in [0.25, 0.3) is 0 Å². The molecule has 2 nitrogen and oxygen atoms in total. The summed E-state index contributed by atoms with van der Waals surface area (Å²) in [5.41, 5.74) is 0.0966. The molecule has 1 radical (unpaired) electrons. The van der Waals surface area contributed by atoms with E-state index in [1.54, 1.807) is 14.0 Å². The van der Waals surface area contributed by atoms with Gasteiger partial charge in [0, 0.05) is 50.5 Å². The van der Waals surface area contributed by atoms with Gasteiger partial charge < -0.3 is 5.11 Å². The number of hydrogen-bond acceptors (Lipinski definition) is 2. The molecular formula is C7H15HoNO. The van der Waals surface area contributed by atoms with Crippen molar-refractivity contribution in [3.05, 3.63) is 0 Å². The Labute approximate surface area is 92.7 Å². The Balaban J connectivity index is 0. The summed E-state index contributed by atoms with van der Waals surface area (Å²) in [7, 11) is 1.69. The molecular weight excluding hydrogens is 279 g/mol. The Morgan fingerprint density at radius 2 is 2.00 bits per heavy atom. The number of rotatable bonds is 2. The first-order valence-electron chi connectivity index (χ1n) is 3.21. The van der Waals surface area contributed by atoms with Crippen LogP contribution < -0.4 is 0 Å². The second kappa shape index (κ2) is 5.53. The molecule has 1 atom stereocenters. The second-order valence-electron chi connectivity index (χ2n) is 2.44. The molecule has 0 spiro atoms. The van der Waals surface area contributed by atoms with Crippen LogP contribution in [0.2, 0.25) is 0 Å². The summed E-state index contributed by atoms with van der Waals surface area (Å²) in [6, 6.07) is 0. The van der Waals surface area contributed by atoms with Crippen molar-refractivity contribution < 1.29 is 42.8 Å². The van der Waals surface area contributed by atoms with Gasteiger partial charge in [-0.2, -0.15) is 0 Å². The molecule has 3 heteroatoms. The average molecular weight is 294 g/mol. The Morgan fingerprint density at radius 1 is 1.60 bits per heavy atom. The third-order valence-electron chi connectivity index (χ3n) is 1.80. The summed E-state index contributed by atoms with van der Waals surface area (Å²) in [4.78, 5) is 3.90. The normalized spacial score (nSPS) is 17.5. The molecule has 0 rings (SSSR count). The number of aliphatic imine (C=N–C) groups is 1. The molecule has 0 aliphatic rings. The predicted molar refractivity (Wildman–Crippen MR) is 39.9 cm³/mol. The van der Waals surface area contributed by atoms with E-state index in [-0.39, 0.29) is 37.7 Å². The monoisotopic (exact) mass is 294 g/mol. The van der Waals surface area contributed by atoms with E-state index in [0.717, 1.165) is 12.1 Å². The third-order valence-corrected chi connectivity index (χ3v) is 1.80. The van der Waals surface area contributed by atoms with E-state index >= 15 is 0 Å². The van der Waals surface area contributed by atoms with Gasteiger partial charge in [-0.05, 0) is 20.3 Å². The van der Waals surface area contributed by atoms with Crippen molar-refractivity contribution in [1.82, 2.24) is 0 Å². The Morgan fingerprint density at radius 3 is 2.10 bits per heavy atom. The zero-order valence-electron chi connectivity index (χ0n) is 6.90. The summed E-state index contributed by atoms with van der Waals surface area (Å²) in [5.74, 6) is 0. The van der Waals surface area contributed by atoms with E-state index < -0.39 is 5.60 Å². The minimum absolute atomic E-state index is 0. The van der Waals surface area contributed by atoms with Crippen molar-refractivity contribution in [2.45, 2.75) is 32.8 Å². The van der Waals surface area contributed by atoms with Gasteiger partial charge in [0.1, 0.15) is 0 Å². The first kappa shape index (κ1) is 13.5. The topological polar surface area (TPSA) is 32.6 Å². The zero-order chi connectivity index (χ0) is 7.49. The van der Waals surface area contributed by atoms with Crippen LogP contribution in [0.1, 0.15) is 27.2 Å². The van der Waals surface area contributed by atoms with Gasteiger partial charge in [0.2, 0.25) is 0 Å². The molecule has 0 fully saturated rings. The Bertz CT molecular complexity index is 121. The van der Waals surface area contributed by atoms with Gasteiger partial charge in [0.15, 0.2) is 0 Å². The number of aliphatic hydroxyl groups is 1. The minimum atomic E-state index is -0.700. The van der Waals surface area contributed by atoms with Crippen LogP contribution >= 0.6 is 0 Å². The molecule has 1 N–H and O–H groups in total. The molecule has 0 aliphatic carbocycles. The van der Waals surface area contributed by atoms with E-state index in [2.05, 4.69) is 4.99 Å². The maximum Gasteiger partial charge on any atom is 0.0988 e. The van der Waals surface area contributed by atoms with Crippen LogP contribution in [0.4, 0.5) is 0 Å². The van der Waals surface area contributed by atoms with Crippen LogP contribution in [0.15, 0.2) is 4.99 Å². The molecule has 0 bridgehead atoms. The van der Waals surface area contributed by atoms with E-state index in [9.17, 15) is 5.11 Å². The molecule has 10 heavy (non-hydrogen) atoms. The summed E-state index contributed by atoms with van der Waals surface area (Å²) >= 11 is 0. The van der Waals surface area contributed by atoms with Crippen LogP contribution in [0.5, 0.6) is 0 Å². The quantitative estimate of drug-likeness (QED) is 0.603. The molecule has 0 saturated heterocycles. The van der Waals surface area contributed by atoms with Crippen molar-refractivity contribution in [3.63, 3.8) is 0 Å². The van der Waals surface area contributed by atoms with E-state index in [4.69, 9.17) is 0 Å². The van der Waals surface area contributed by atoms with Crippen molar-refractivity contribution in [2.24, 2.45) is 4.99 Å². The molecule has 0 aromatic carbocycles. The Hall–Kier alpha value is 0.890. The molecule has 1 unspecified atom stereocenters. The van der Waals surface area contributed by atoms with Crippen LogP contribution in [0.3, 0.4) is 0 Å². The zero-order valence-corrected chi connectivity index (χ0v) is 8.84. The van der Waals surface area contributed by atoms with Crippen molar-refractivity contribution in [1.29, 1.82) is 0 Å². The Kier molecular flexibility index (Phi) is 7.45. The van der Waals surface area contributed by atoms with Gasteiger partial charge in [-0.3, -0.25) is 4.99 Å². The average Bonchev–Trinajstić information content (AvgIpc) is 1.86. The minimum Gasteiger partial charge on any atom is -0.384 e. The molecule has 0 aromatic heterocycles. The largest absolute Gasteiger partial charge is 0.384 e.